The van der Waals surface area contributed by atoms with E-state index in [1.165, 1.54) is 18.4 Å². The number of rotatable bonds is 7. The molecule has 0 aliphatic rings. The van der Waals surface area contributed by atoms with Gasteiger partial charge in [0.15, 0.2) is 5.69 Å². The average molecular weight is 443 g/mol. The fraction of sp³-hybridized carbons (Fsp3) is 0.185. The average Bonchev–Trinajstić information content (AvgIpc) is 3.25. The van der Waals surface area contributed by atoms with Crippen molar-refractivity contribution in [2.24, 2.45) is 0 Å². The lowest BCUT2D eigenvalue weighted by Gasteiger charge is -2.39. The van der Waals surface area contributed by atoms with E-state index in [0.29, 0.717) is 5.69 Å². The number of carbonyl (C=O) groups is 1. The van der Waals surface area contributed by atoms with Crippen LogP contribution in [0.15, 0.2) is 91.0 Å². The molecule has 4 aromatic rings. The summed E-state index contributed by atoms with van der Waals surface area (Å²) in [5.41, 5.74) is 3.17. The first-order valence-electron chi connectivity index (χ1n) is 10.6. The van der Waals surface area contributed by atoms with Gasteiger partial charge < -0.3 is 4.74 Å². The number of aromatic nitrogens is 1. The number of hydrogen-bond donors (Lipinski definition) is 1. The Balaban J connectivity index is 1.88. The molecule has 1 aromatic heterocycles. The lowest BCUT2D eigenvalue weighted by Crippen LogP contribution is -2.45. The summed E-state index contributed by atoms with van der Waals surface area (Å²) >= 11 is 1.52. The third-order valence-electron chi connectivity index (χ3n) is 5.62. The predicted octanol–water partition coefficient (Wildman–Crippen LogP) is 5.88. The number of hydrogen-bond acceptors (Lipinski definition) is 5. The predicted molar refractivity (Wildman–Crippen MR) is 129 cm³/mol. The lowest BCUT2D eigenvalue weighted by atomic mass is 9.76. The Kier molecular flexibility index (Phi) is 6.49. The van der Waals surface area contributed by atoms with Gasteiger partial charge in [0, 0.05) is 4.88 Å². The van der Waals surface area contributed by atoms with Crippen LogP contribution in [0.4, 0.5) is 0 Å². The van der Waals surface area contributed by atoms with Crippen LogP contribution >= 0.6 is 11.3 Å². The van der Waals surface area contributed by atoms with Gasteiger partial charge in [-0.1, -0.05) is 91.0 Å². The van der Waals surface area contributed by atoms with Crippen molar-refractivity contribution in [3.8, 4) is 0 Å². The van der Waals surface area contributed by atoms with E-state index in [-0.39, 0.29) is 6.04 Å². The van der Waals surface area contributed by atoms with Crippen LogP contribution in [0.25, 0.3) is 0 Å². The van der Waals surface area contributed by atoms with Crippen molar-refractivity contribution in [2.75, 3.05) is 7.11 Å². The Morgan fingerprint density at radius 1 is 0.875 bits per heavy atom. The maximum absolute atomic E-state index is 12.1. The molecule has 1 heterocycles. The van der Waals surface area contributed by atoms with Crippen molar-refractivity contribution in [2.45, 2.75) is 25.4 Å². The molecule has 1 atom stereocenters. The third kappa shape index (κ3) is 4.09. The molecule has 0 fully saturated rings. The number of ether oxygens (including phenoxy) is 1. The molecule has 32 heavy (non-hydrogen) atoms. The Labute approximate surface area is 192 Å². The van der Waals surface area contributed by atoms with Crippen molar-refractivity contribution >= 4 is 17.3 Å². The summed E-state index contributed by atoms with van der Waals surface area (Å²) in [5.74, 6) is -0.405. The van der Waals surface area contributed by atoms with Gasteiger partial charge in [-0.3, -0.25) is 5.32 Å². The van der Waals surface area contributed by atoms with E-state index in [0.717, 1.165) is 26.6 Å². The van der Waals surface area contributed by atoms with Crippen molar-refractivity contribution in [3.05, 3.63) is 123 Å². The molecule has 5 heteroatoms. The first kappa shape index (κ1) is 21.9. The molecule has 1 unspecified atom stereocenters. The van der Waals surface area contributed by atoms with Crippen LogP contribution in [-0.4, -0.2) is 18.1 Å². The second-order valence-electron chi connectivity index (χ2n) is 7.66. The minimum absolute atomic E-state index is 0.127. The number of nitrogens with zero attached hydrogens (tertiary/aromatic N) is 1. The van der Waals surface area contributed by atoms with E-state index in [4.69, 9.17) is 4.74 Å². The first-order chi connectivity index (χ1) is 15.6. The third-order valence-corrected chi connectivity index (χ3v) is 6.77. The number of esters is 1. The highest BCUT2D eigenvalue weighted by atomic mass is 32.1. The van der Waals surface area contributed by atoms with Crippen LogP contribution < -0.4 is 5.32 Å². The molecule has 3 aromatic carbocycles. The highest BCUT2D eigenvalue weighted by Crippen LogP contribution is 2.39. The second-order valence-corrected chi connectivity index (χ2v) is 8.90. The van der Waals surface area contributed by atoms with Crippen molar-refractivity contribution < 1.29 is 9.53 Å². The molecule has 0 aliphatic heterocycles. The standard InChI is InChI=1S/C27H26N2O2S/c1-19(25-28-24(20(2)32-25)26(30)31-3)29-27(21-13-7-4-8-14-21,22-15-9-5-10-16-22)23-17-11-6-12-18-23/h4-19,29H,1-3H3. The number of nitrogens with one attached hydrogen (secondary N) is 1. The van der Waals surface area contributed by atoms with Gasteiger partial charge in [0.25, 0.3) is 0 Å². The Hall–Kier alpha value is -3.28. The zero-order chi connectivity index (χ0) is 22.6. The first-order valence-corrected chi connectivity index (χ1v) is 11.4. The summed E-state index contributed by atoms with van der Waals surface area (Å²) in [4.78, 5) is 17.6. The Bertz CT molecular complexity index is 1080. The molecular weight excluding hydrogens is 416 g/mol. The summed E-state index contributed by atoms with van der Waals surface area (Å²) in [5, 5.41) is 4.73. The molecule has 4 nitrogen and oxygen atoms in total. The summed E-state index contributed by atoms with van der Waals surface area (Å²) in [6.45, 7) is 3.99. The zero-order valence-electron chi connectivity index (χ0n) is 18.4. The van der Waals surface area contributed by atoms with Gasteiger partial charge in [0.1, 0.15) is 5.01 Å². The van der Waals surface area contributed by atoms with Gasteiger partial charge in [-0.25, -0.2) is 9.78 Å². The number of thiazole rings is 1. The van der Waals surface area contributed by atoms with E-state index in [1.54, 1.807) is 0 Å². The minimum Gasteiger partial charge on any atom is -0.464 e. The lowest BCUT2D eigenvalue weighted by molar-refractivity contribution is 0.0594. The molecule has 4 rings (SSSR count). The molecule has 0 bridgehead atoms. The number of aryl methyl sites for hydroxylation is 1. The maximum Gasteiger partial charge on any atom is 0.357 e. The van der Waals surface area contributed by atoms with Crippen LogP contribution in [0.5, 0.6) is 0 Å². The summed E-state index contributed by atoms with van der Waals surface area (Å²) in [6.07, 6.45) is 0. The normalized spacial score (nSPS) is 12.3. The van der Waals surface area contributed by atoms with Gasteiger partial charge in [-0.05, 0) is 30.5 Å². The zero-order valence-corrected chi connectivity index (χ0v) is 19.2. The van der Waals surface area contributed by atoms with Crippen molar-refractivity contribution in [1.29, 1.82) is 0 Å². The Morgan fingerprint density at radius 2 is 1.31 bits per heavy atom. The highest BCUT2D eigenvalue weighted by molar-refractivity contribution is 7.11. The summed E-state index contributed by atoms with van der Waals surface area (Å²) in [6, 6.07) is 31.2. The van der Waals surface area contributed by atoms with Gasteiger partial charge in [0.2, 0.25) is 0 Å². The summed E-state index contributed by atoms with van der Waals surface area (Å²) < 4.78 is 4.90. The summed E-state index contributed by atoms with van der Waals surface area (Å²) in [7, 11) is 1.38. The Morgan fingerprint density at radius 3 is 1.72 bits per heavy atom. The van der Waals surface area contributed by atoms with Crippen LogP contribution in [-0.2, 0) is 10.3 Å². The molecular formula is C27H26N2O2S. The van der Waals surface area contributed by atoms with E-state index in [1.807, 2.05) is 25.1 Å². The SMILES string of the molecule is COC(=O)c1nc(C(C)NC(c2ccccc2)(c2ccccc2)c2ccccc2)sc1C. The quantitative estimate of drug-likeness (QED) is 0.287. The van der Waals surface area contributed by atoms with Gasteiger partial charge in [0.05, 0.1) is 18.7 Å². The van der Waals surface area contributed by atoms with Crippen molar-refractivity contribution in [3.63, 3.8) is 0 Å². The smallest absolute Gasteiger partial charge is 0.357 e. The molecule has 0 aliphatic carbocycles. The number of carbonyl (C=O) groups excluding carboxylic acids is 1. The molecule has 0 amide bonds. The molecule has 0 radical (unpaired) electrons. The van der Waals surface area contributed by atoms with E-state index in [9.17, 15) is 4.79 Å². The molecule has 0 saturated heterocycles. The van der Waals surface area contributed by atoms with E-state index in [2.05, 4.69) is 90.0 Å². The van der Waals surface area contributed by atoms with E-state index >= 15 is 0 Å². The topological polar surface area (TPSA) is 51.2 Å². The maximum atomic E-state index is 12.1. The molecule has 0 saturated carbocycles. The van der Waals surface area contributed by atoms with Gasteiger partial charge >= 0.3 is 5.97 Å². The second kappa shape index (κ2) is 9.47. The molecule has 0 spiro atoms. The van der Waals surface area contributed by atoms with Gasteiger partial charge in [-0.15, -0.1) is 11.3 Å². The minimum atomic E-state index is -0.603. The van der Waals surface area contributed by atoms with Crippen LogP contribution in [0.1, 0.15) is 50.0 Å². The fourth-order valence-corrected chi connectivity index (χ4v) is 5.00. The van der Waals surface area contributed by atoms with Gasteiger partial charge in [-0.2, -0.15) is 0 Å². The molecule has 162 valence electrons. The van der Waals surface area contributed by atoms with E-state index < -0.39 is 11.5 Å². The van der Waals surface area contributed by atoms with Crippen LogP contribution in [0.2, 0.25) is 0 Å². The number of methoxy groups -OCH3 is 1. The largest absolute Gasteiger partial charge is 0.464 e. The van der Waals surface area contributed by atoms with Crippen LogP contribution in [0, 0.1) is 6.92 Å². The molecule has 1 N–H and O–H groups in total. The monoisotopic (exact) mass is 442 g/mol. The highest BCUT2D eigenvalue weighted by Gasteiger charge is 2.38. The number of benzene rings is 3. The fourth-order valence-electron chi connectivity index (χ4n) is 4.09. The van der Waals surface area contributed by atoms with Crippen LogP contribution in [0.3, 0.4) is 0 Å². The van der Waals surface area contributed by atoms with Crippen molar-refractivity contribution in [1.82, 2.24) is 10.3 Å².